The standard InChI is InChI=1S/C38H40FN5O3S/c1-43-18-4-5-25(43)16-17-41-37(46)28-21-44-31-15-11-23(38-42-30-6-2-3-7-33(30)48-38)19-32(31)47-36-26(14-10-22-8-12-24(40)13-9-22)29(39)20-27(34(36)44)35(28)45/h2-3,6-7,11,15,19-22,24-25H,4-5,8-10,12-14,16-18,40H2,1H3,(H,41,46). The Labute approximate surface area is 282 Å². The van der Waals surface area contributed by atoms with Crippen molar-refractivity contribution in [2.24, 2.45) is 11.7 Å². The lowest BCUT2D eigenvalue weighted by Crippen LogP contribution is -2.34. The van der Waals surface area contributed by atoms with E-state index in [1.165, 1.54) is 6.07 Å². The number of carbonyl (C=O) groups is 1. The van der Waals surface area contributed by atoms with Crippen LogP contribution in [0.1, 0.15) is 67.3 Å². The molecule has 1 saturated carbocycles. The van der Waals surface area contributed by atoms with E-state index in [0.29, 0.717) is 53.2 Å². The Balaban J connectivity index is 1.19. The van der Waals surface area contributed by atoms with Crippen molar-refractivity contribution in [3.8, 4) is 27.8 Å². The van der Waals surface area contributed by atoms with Crippen LogP contribution in [0.4, 0.5) is 4.39 Å². The van der Waals surface area contributed by atoms with Crippen LogP contribution in [0.2, 0.25) is 0 Å². The van der Waals surface area contributed by atoms with Gasteiger partial charge in [-0.1, -0.05) is 12.1 Å². The molecule has 8 nitrogen and oxygen atoms in total. The summed E-state index contributed by atoms with van der Waals surface area (Å²) in [6, 6.07) is 15.8. The SMILES string of the molecule is CN1CCCC1CCNC(=O)c1cn2c3c(c(CCC4CCC(N)CC4)c(F)cc3c1=O)Oc1cc(-c3nc4ccccc4s3)ccc1-2. The van der Waals surface area contributed by atoms with Crippen LogP contribution in [0, 0.1) is 11.7 Å². The Morgan fingerprint density at radius 3 is 2.73 bits per heavy atom. The highest BCUT2D eigenvalue weighted by Gasteiger charge is 2.30. The molecular weight excluding hydrogens is 626 g/mol. The molecule has 8 rings (SSSR count). The summed E-state index contributed by atoms with van der Waals surface area (Å²) in [5.41, 5.74) is 9.06. The summed E-state index contributed by atoms with van der Waals surface area (Å²) >= 11 is 1.60. The van der Waals surface area contributed by atoms with Crippen LogP contribution in [0.25, 0.3) is 37.4 Å². The van der Waals surface area contributed by atoms with Crippen molar-refractivity contribution >= 4 is 38.4 Å². The Hall–Kier alpha value is -4.12. The average molecular weight is 666 g/mol. The number of nitrogens with zero attached hydrogens (tertiary/aromatic N) is 3. The minimum absolute atomic E-state index is 0.0120. The third-order valence-electron chi connectivity index (χ3n) is 10.6. The van der Waals surface area contributed by atoms with Crippen LogP contribution in [0.5, 0.6) is 11.5 Å². The van der Waals surface area contributed by atoms with Crippen LogP contribution in [-0.4, -0.2) is 52.6 Å². The summed E-state index contributed by atoms with van der Waals surface area (Å²) in [6.07, 6.45) is 9.98. The fraction of sp³-hybridized carbons (Fsp3) is 0.395. The number of rotatable bonds is 8. The zero-order valence-electron chi connectivity index (χ0n) is 27.1. The number of fused-ring (bicyclic) bond motifs is 3. The zero-order valence-corrected chi connectivity index (χ0v) is 28.0. The number of nitrogens with one attached hydrogen (secondary N) is 1. The van der Waals surface area contributed by atoms with Crippen molar-refractivity contribution in [1.29, 1.82) is 0 Å². The molecule has 3 N–H and O–H groups in total. The first-order chi connectivity index (χ1) is 23.3. The largest absolute Gasteiger partial charge is 0.452 e. The monoisotopic (exact) mass is 665 g/mol. The molecule has 0 radical (unpaired) electrons. The number of aromatic nitrogens is 2. The summed E-state index contributed by atoms with van der Waals surface area (Å²) in [4.78, 5) is 34.6. The van der Waals surface area contributed by atoms with Crippen molar-refractivity contribution in [2.45, 2.75) is 69.9 Å². The summed E-state index contributed by atoms with van der Waals surface area (Å²) in [5.74, 6) is 0.397. The Kier molecular flexibility index (Phi) is 8.26. The van der Waals surface area contributed by atoms with E-state index in [0.717, 1.165) is 78.7 Å². The maximum atomic E-state index is 16.1. The van der Waals surface area contributed by atoms with Gasteiger partial charge in [-0.05, 0) is 114 Å². The quantitative estimate of drug-likeness (QED) is 0.179. The molecule has 3 aromatic carbocycles. The predicted octanol–water partition coefficient (Wildman–Crippen LogP) is 7.18. The van der Waals surface area contributed by atoms with Gasteiger partial charge in [-0.3, -0.25) is 9.59 Å². The summed E-state index contributed by atoms with van der Waals surface area (Å²) in [6.45, 7) is 1.52. The number of amides is 1. The molecule has 2 aromatic heterocycles. The lowest BCUT2D eigenvalue weighted by Gasteiger charge is -2.28. The van der Waals surface area contributed by atoms with Gasteiger partial charge >= 0.3 is 0 Å². The Morgan fingerprint density at radius 2 is 1.94 bits per heavy atom. The fourth-order valence-corrected chi connectivity index (χ4v) is 8.77. The van der Waals surface area contributed by atoms with Crippen LogP contribution < -0.4 is 21.2 Å². The van der Waals surface area contributed by atoms with Gasteiger partial charge in [-0.25, -0.2) is 9.37 Å². The molecule has 0 bridgehead atoms. The molecule has 2 fully saturated rings. The zero-order chi connectivity index (χ0) is 32.9. The number of pyridine rings is 1. The third kappa shape index (κ3) is 5.69. The van der Waals surface area contributed by atoms with E-state index < -0.39 is 17.2 Å². The van der Waals surface area contributed by atoms with Crippen LogP contribution in [0.3, 0.4) is 0 Å². The van der Waals surface area contributed by atoms with E-state index in [2.05, 4.69) is 17.3 Å². The number of benzene rings is 3. The summed E-state index contributed by atoms with van der Waals surface area (Å²) in [5, 5.41) is 3.96. The van der Waals surface area contributed by atoms with Crippen molar-refractivity contribution in [3.63, 3.8) is 0 Å². The molecule has 4 heterocycles. The molecule has 48 heavy (non-hydrogen) atoms. The van der Waals surface area contributed by atoms with Gasteiger partial charge in [0.1, 0.15) is 21.9 Å². The van der Waals surface area contributed by atoms with Gasteiger partial charge < -0.3 is 25.3 Å². The Bertz CT molecular complexity index is 2070. The van der Waals surface area contributed by atoms with E-state index in [1.54, 1.807) is 17.5 Å². The van der Waals surface area contributed by atoms with E-state index in [-0.39, 0.29) is 17.0 Å². The maximum Gasteiger partial charge on any atom is 0.256 e. The highest BCUT2D eigenvalue weighted by molar-refractivity contribution is 7.21. The van der Waals surface area contributed by atoms with Crippen molar-refractivity contribution < 1.29 is 13.9 Å². The molecule has 1 saturated heterocycles. The topological polar surface area (TPSA) is 102 Å². The second kappa shape index (κ2) is 12.7. The first-order valence-electron chi connectivity index (χ1n) is 17.2. The molecule has 5 aromatic rings. The van der Waals surface area contributed by atoms with E-state index in [1.807, 2.05) is 47.0 Å². The summed E-state index contributed by atoms with van der Waals surface area (Å²) < 4.78 is 25.7. The molecule has 1 aliphatic carbocycles. The lowest BCUT2D eigenvalue weighted by molar-refractivity contribution is 0.0949. The second-order valence-corrected chi connectivity index (χ2v) is 14.7. The number of hydrogen-bond donors (Lipinski definition) is 2. The van der Waals surface area contributed by atoms with Gasteiger partial charge in [0.15, 0.2) is 11.5 Å². The molecular formula is C38H40FN5O3S. The molecule has 10 heteroatoms. The lowest BCUT2D eigenvalue weighted by atomic mass is 9.83. The highest BCUT2D eigenvalue weighted by Crippen LogP contribution is 2.45. The number of carbonyl (C=O) groups excluding carboxylic acids is 1. The number of thiazole rings is 1. The smallest absolute Gasteiger partial charge is 0.256 e. The molecule has 1 unspecified atom stereocenters. The molecule has 0 spiro atoms. The van der Waals surface area contributed by atoms with Crippen molar-refractivity contribution in [2.75, 3.05) is 20.1 Å². The van der Waals surface area contributed by atoms with Crippen LogP contribution >= 0.6 is 11.3 Å². The first-order valence-corrected chi connectivity index (χ1v) is 18.0. The van der Waals surface area contributed by atoms with Crippen LogP contribution in [0.15, 0.2) is 59.5 Å². The minimum atomic E-state index is -0.497. The summed E-state index contributed by atoms with van der Waals surface area (Å²) in [7, 11) is 2.10. The molecule has 1 atom stereocenters. The fourth-order valence-electron chi connectivity index (χ4n) is 7.81. The van der Waals surface area contributed by atoms with E-state index in [9.17, 15) is 9.59 Å². The number of para-hydroxylation sites is 1. The van der Waals surface area contributed by atoms with Gasteiger partial charge in [0, 0.05) is 36.0 Å². The third-order valence-corrected chi connectivity index (χ3v) is 11.7. The number of halogens is 1. The second-order valence-electron chi connectivity index (χ2n) is 13.7. The molecule has 3 aliphatic rings. The highest BCUT2D eigenvalue weighted by atomic mass is 32.1. The Morgan fingerprint density at radius 1 is 1.10 bits per heavy atom. The van der Waals surface area contributed by atoms with Crippen LogP contribution in [-0.2, 0) is 6.42 Å². The normalized spacial score (nSPS) is 20.6. The first kappa shape index (κ1) is 31.2. The number of ether oxygens (including phenoxy) is 1. The van der Waals surface area contributed by atoms with Gasteiger partial charge in [-0.2, -0.15) is 0 Å². The van der Waals surface area contributed by atoms with Crippen molar-refractivity contribution in [3.05, 3.63) is 81.9 Å². The van der Waals surface area contributed by atoms with Gasteiger partial charge in [0.2, 0.25) is 5.43 Å². The molecule has 2 aliphatic heterocycles. The number of likely N-dealkylation sites (tertiary alicyclic amines) is 1. The number of hydrogen-bond acceptors (Lipinski definition) is 7. The van der Waals surface area contributed by atoms with Gasteiger partial charge in [0.05, 0.1) is 21.3 Å². The van der Waals surface area contributed by atoms with Crippen molar-refractivity contribution in [1.82, 2.24) is 19.8 Å². The molecule has 248 valence electrons. The predicted molar refractivity (Wildman–Crippen MR) is 189 cm³/mol. The van der Waals surface area contributed by atoms with E-state index in [4.69, 9.17) is 15.5 Å². The number of nitrogens with two attached hydrogens (primary N) is 1. The molecule has 1 amide bonds. The minimum Gasteiger partial charge on any atom is -0.452 e. The van der Waals surface area contributed by atoms with Gasteiger partial charge in [-0.15, -0.1) is 11.3 Å². The average Bonchev–Trinajstić information content (AvgIpc) is 3.72. The van der Waals surface area contributed by atoms with Gasteiger partial charge in [0.25, 0.3) is 5.91 Å². The van der Waals surface area contributed by atoms with E-state index >= 15 is 4.39 Å². The maximum absolute atomic E-state index is 16.1.